The first kappa shape index (κ1) is 26.2. The first-order valence-corrected chi connectivity index (χ1v) is 11.9. The standard InChI is InChI=1S/C29H29N5O4/c1-37-26-17-23(9-12-25(26)38-19-21-13-15-31-16-14-21)27(29(35)32-18-20-5-3-2-4-6-20)33-24-10-7-22(8-11-24)28(30)34-36/h2-17,27,33,36H,18-19H2,1H3,(H2,30,34)(H,32,35). The predicted octanol–water partition coefficient (Wildman–Crippen LogP) is 4.44. The Bertz CT molecular complexity index is 1350. The summed E-state index contributed by atoms with van der Waals surface area (Å²) in [7, 11) is 1.55. The molecule has 4 aromatic rings. The molecule has 3 aromatic carbocycles. The Kier molecular flexibility index (Phi) is 8.88. The molecule has 1 heterocycles. The van der Waals surface area contributed by atoms with Crippen LogP contribution in [0.2, 0.25) is 0 Å². The third kappa shape index (κ3) is 6.86. The van der Waals surface area contributed by atoms with Crippen molar-refractivity contribution in [1.29, 1.82) is 5.41 Å². The molecule has 0 bridgehead atoms. The van der Waals surface area contributed by atoms with Gasteiger partial charge in [-0.1, -0.05) is 36.4 Å². The summed E-state index contributed by atoms with van der Waals surface area (Å²) in [5.74, 6) is 0.698. The number of amidine groups is 1. The molecule has 0 spiro atoms. The van der Waals surface area contributed by atoms with E-state index in [2.05, 4.69) is 15.6 Å². The van der Waals surface area contributed by atoms with Gasteiger partial charge in [-0.3, -0.25) is 25.9 Å². The second-order valence-corrected chi connectivity index (χ2v) is 8.40. The monoisotopic (exact) mass is 511 g/mol. The van der Waals surface area contributed by atoms with Gasteiger partial charge in [0.15, 0.2) is 11.5 Å². The number of hydrogen-bond acceptors (Lipinski definition) is 7. The van der Waals surface area contributed by atoms with E-state index in [1.54, 1.807) is 55.9 Å². The number of pyridine rings is 1. The highest BCUT2D eigenvalue weighted by Gasteiger charge is 2.22. The Balaban J connectivity index is 1.56. The van der Waals surface area contributed by atoms with Gasteiger partial charge in [-0.15, -0.1) is 0 Å². The SMILES string of the molecule is COc1cc(C(Nc2ccc(C(=N)NO)cc2)C(=O)NCc2ccccc2)ccc1OCc1ccncc1. The summed E-state index contributed by atoms with van der Waals surface area (Å²) in [4.78, 5) is 17.4. The van der Waals surface area contributed by atoms with Crippen LogP contribution in [0.3, 0.4) is 0 Å². The normalized spacial score (nSPS) is 11.2. The molecular formula is C29H29N5O4. The number of carbonyl (C=O) groups is 1. The molecule has 1 amide bonds. The van der Waals surface area contributed by atoms with Crippen LogP contribution < -0.4 is 25.6 Å². The zero-order chi connectivity index (χ0) is 26.7. The van der Waals surface area contributed by atoms with Crippen LogP contribution in [0.5, 0.6) is 11.5 Å². The van der Waals surface area contributed by atoms with Crippen LogP contribution in [0, 0.1) is 5.41 Å². The topological polar surface area (TPSA) is 129 Å². The molecule has 0 radical (unpaired) electrons. The average Bonchev–Trinajstić information content (AvgIpc) is 2.98. The Morgan fingerprint density at radius 3 is 2.37 bits per heavy atom. The van der Waals surface area contributed by atoms with Gasteiger partial charge in [0.05, 0.1) is 7.11 Å². The summed E-state index contributed by atoms with van der Waals surface area (Å²) in [6.07, 6.45) is 3.41. The van der Waals surface area contributed by atoms with E-state index in [9.17, 15) is 4.79 Å². The fourth-order valence-electron chi connectivity index (χ4n) is 3.77. The number of anilines is 1. The lowest BCUT2D eigenvalue weighted by atomic mass is 10.0. The quantitative estimate of drug-likeness (QED) is 0.114. The first-order valence-electron chi connectivity index (χ1n) is 11.9. The van der Waals surface area contributed by atoms with Gasteiger partial charge < -0.3 is 20.1 Å². The molecule has 0 fully saturated rings. The zero-order valence-electron chi connectivity index (χ0n) is 20.8. The van der Waals surface area contributed by atoms with Crippen LogP contribution in [0.15, 0.2) is 97.3 Å². The molecule has 0 aliphatic carbocycles. The number of carbonyl (C=O) groups excluding carboxylic acids is 1. The minimum Gasteiger partial charge on any atom is -0.493 e. The van der Waals surface area contributed by atoms with E-state index in [0.717, 1.165) is 11.1 Å². The van der Waals surface area contributed by atoms with Crippen molar-refractivity contribution in [3.05, 3.63) is 120 Å². The van der Waals surface area contributed by atoms with Crippen LogP contribution in [-0.2, 0) is 17.9 Å². The van der Waals surface area contributed by atoms with Crippen molar-refractivity contribution in [1.82, 2.24) is 15.8 Å². The van der Waals surface area contributed by atoms with E-state index in [1.165, 1.54) is 0 Å². The molecule has 38 heavy (non-hydrogen) atoms. The van der Waals surface area contributed by atoms with Gasteiger partial charge in [-0.2, -0.15) is 0 Å². The lowest BCUT2D eigenvalue weighted by Crippen LogP contribution is -2.33. The zero-order valence-corrected chi connectivity index (χ0v) is 20.8. The van der Waals surface area contributed by atoms with Crippen molar-refractivity contribution in [3.63, 3.8) is 0 Å². The minimum atomic E-state index is -0.747. The number of nitrogens with zero attached hydrogens (tertiary/aromatic N) is 1. The molecule has 4 rings (SSSR count). The third-order valence-electron chi connectivity index (χ3n) is 5.83. The number of methoxy groups -OCH3 is 1. The van der Waals surface area contributed by atoms with Gasteiger partial charge in [-0.05, 0) is 65.2 Å². The molecular weight excluding hydrogens is 482 g/mol. The van der Waals surface area contributed by atoms with E-state index in [1.807, 2.05) is 54.0 Å². The van der Waals surface area contributed by atoms with Crippen LogP contribution in [0.25, 0.3) is 0 Å². The summed E-state index contributed by atoms with van der Waals surface area (Å²) < 4.78 is 11.5. The summed E-state index contributed by atoms with van der Waals surface area (Å²) >= 11 is 0. The second-order valence-electron chi connectivity index (χ2n) is 8.40. The highest BCUT2D eigenvalue weighted by Crippen LogP contribution is 2.32. The van der Waals surface area contributed by atoms with Crippen LogP contribution >= 0.6 is 0 Å². The third-order valence-corrected chi connectivity index (χ3v) is 5.83. The number of hydrogen-bond donors (Lipinski definition) is 5. The molecule has 9 nitrogen and oxygen atoms in total. The maximum atomic E-state index is 13.4. The largest absolute Gasteiger partial charge is 0.493 e. The average molecular weight is 512 g/mol. The molecule has 9 heteroatoms. The van der Waals surface area contributed by atoms with Gasteiger partial charge >= 0.3 is 0 Å². The fourth-order valence-corrected chi connectivity index (χ4v) is 3.77. The van der Waals surface area contributed by atoms with Gasteiger partial charge in [0, 0.05) is 30.2 Å². The fraction of sp³-hybridized carbons (Fsp3) is 0.138. The number of ether oxygens (including phenoxy) is 2. The molecule has 0 saturated carbocycles. The van der Waals surface area contributed by atoms with Gasteiger partial charge in [-0.25, -0.2) is 0 Å². The Morgan fingerprint density at radius 2 is 1.68 bits per heavy atom. The maximum Gasteiger partial charge on any atom is 0.247 e. The van der Waals surface area contributed by atoms with Gasteiger partial charge in [0.2, 0.25) is 5.91 Å². The summed E-state index contributed by atoms with van der Waals surface area (Å²) in [5.41, 5.74) is 5.62. The molecule has 1 atom stereocenters. The highest BCUT2D eigenvalue weighted by molar-refractivity contribution is 5.95. The number of hydroxylamine groups is 1. The number of aromatic nitrogens is 1. The molecule has 1 aromatic heterocycles. The second kappa shape index (κ2) is 12.9. The molecule has 5 N–H and O–H groups in total. The molecule has 1 unspecified atom stereocenters. The van der Waals surface area contributed by atoms with E-state index >= 15 is 0 Å². The Morgan fingerprint density at radius 1 is 0.947 bits per heavy atom. The van der Waals surface area contributed by atoms with Crippen molar-refractivity contribution >= 4 is 17.4 Å². The van der Waals surface area contributed by atoms with Crippen molar-refractivity contribution in [2.45, 2.75) is 19.2 Å². The predicted molar refractivity (Wildman–Crippen MR) is 144 cm³/mol. The van der Waals surface area contributed by atoms with Crippen molar-refractivity contribution in [2.24, 2.45) is 0 Å². The Hall–Kier alpha value is -4.89. The smallest absolute Gasteiger partial charge is 0.247 e. The summed E-state index contributed by atoms with van der Waals surface area (Å²) in [5, 5.41) is 23.0. The van der Waals surface area contributed by atoms with Crippen molar-refractivity contribution < 1.29 is 19.5 Å². The molecule has 0 aliphatic rings. The lowest BCUT2D eigenvalue weighted by molar-refractivity contribution is -0.122. The molecule has 0 saturated heterocycles. The number of benzene rings is 3. The Labute approximate surface area is 220 Å². The highest BCUT2D eigenvalue weighted by atomic mass is 16.5. The maximum absolute atomic E-state index is 13.4. The summed E-state index contributed by atoms with van der Waals surface area (Å²) in [6, 6.07) is 24.9. The molecule has 194 valence electrons. The van der Waals surface area contributed by atoms with Crippen molar-refractivity contribution in [3.8, 4) is 11.5 Å². The number of rotatable bonds is 11. The first-order chi connectivity index (χ1) is 18.6. The molecule has 0 aliphatic heterocycles. The number of amides is 1. The van der Waals surface area contributed by atoms with Crippen LogP contribution in [0.1, 0.15) is 28.3 Å². The van der Waals surface area contributed by atoms with Crippen molar-refractivity contribution in [2.75, 3.05) is 12.4 Å². The van der Waals surface area contributed by atoms with E-state index in [0.29, 0.717) is 41.5 Å². The summed E-state index contributed by atoms with van der Waals surface area (Å²) in [6.45, 7) is 0.724. The van der Waals surface area contributed by atoms with Crippen LogP contribution in [0.4, 0.5) is 5.69 Å². The van der Waals surface area contributed by atoms with Crippen LogP contribution in [-0.4, -0.2) is 29.0 Å². The number of nitrogens with one attached hydrogen (secondary N) is 4. The van der Waals surface area contributed by atoms with Gasteiger partial charge in [0.25, 0.3) is 0 Å². The van der Waals surface area contributed by atoms with E-state index < -0.39 is 6.04 Å². The van der Waals surface area contributed by atoms with E-state index in [-0.39, 0.29) is 11.7 Å². The minimum absolute atomic E-state index is 0.124. The van der Waals surface area contributed by atoms with E-state index in [4.69, 9.17) is 20.1 Å². The lowest BCUT2D eigenvalue weighted by Gasteiger charge is -2.22. The van der Waals surface area contributed by atoms with Gasteiger partial charge in [0.1, 0.15) is 18.5 Å².